The zero-order valence-electron chi connectivity index (χ0n) is 11.9. The average molecular weight is 276 g/mol. The van der Waals surface area contributed by atoms with Crippen LogP contribution < -0.4 is 0 Å². The fourth-order valence-electron chi connectivity index (χ4n) is 1.97. The number of likely N-dealkylation sites (N-methyl/N-ethyl adjacent to an activating group) is 1. The summed E-state index contributed by atoms with van der Waals surface area (Å²) in [5.74, 6) is -0.0911. The molecule has 0 bridgehead atoms. The topological polar surface area (TPSA) is 44.1 Å². The van der Waals surface area contributed by atoms with Gasteiger partial charge >= 0.3 is 0 Å². The lowest BCUT2D eigenvalue weighted by Gasteiger charge is -2.15. The van der Waals surface area contributed by atoms with Gasteiger partial charge in [-0.2, -0.15) is 5.26 Å². The molecule has 0 fully saturated rings. The van der Waals surface area contributed by atoms with Gasteiger partial charge in [-0.25, -0.2) is 0 Å². The molecular formula is C18H16N2O. The van der Waals surface area contributed by atoms with Crippen molar-refractivity contribution in [1.82, 2.24) is 4.90 Å². The van der Waals surface area contributed by atoms with Gasteiger partial charge in [0.25, 0.3) is 0 Å². The number of nitrogens with zero attached hydrogens (tertiary/aromatic N) is 2. The molecule has 2 aromatic rings. The number of rotatable bonds is 4. The minimum atomic E-state index is -0.0911. The first-order valence-corrected chi connectivity index (χ1v) is 6.67. The molecule has 0 N–H and O–H groups in total. The summed E-state index contributed by atoms with van der Waals surface area (Å²) in [5, 5.41) is 9.01. The van der Waals surface area contributed by atoms with Crippen LogP contribution in [-0.4, -0.2) is 17.9 Å². The monoisotopic (exact) mass is 276 g/mol. The van der Waals surface area contributed by atoms with Gasteiger partial charge in [-0.1, -0.05) is 48.5 Å². The second kappa shape index (κ2) is 7.06. The second-order valence-electron chi connectivity index (χ2n) is 4.71. The van der Waals surface area contributed by atoms with E-state index in [1.165, 1.54) is 6.08 Å². The molecule has 2 aromatic carbocycles. The first kappa shape index (κ1) is 14.5. The van der Waals surface area contributed by atoms with Crippen molar-refractivity contribution in [1.29, 1.82) is 5.26 Å². The van der Waals surface area contributed by atoms with Crippen LogP contribution in [0.2, 0.25) is 0 Å². The highest BCUT2D eigenvalue weighted by Gasteiger charge is 2.05. The summed E-state index contributed by atoms with van der Waals surface area (Å²) in [4.78, 5) is 13.7. The Bertz CT molecular complexity index is 684. The Labute approximate surface area is 124 Å². The lowest BCUT2D eigenvalue weighted by Crippen LogP contribution is -2.24. The molecule has 0 aliphatic carbocycles. The number of amides is 1. The van der Waals surface area contributed by atoms with E-state index in [1.54, 1.807) is 30.2 Å². The van der Waals surface area contributed by atoms with Crippen molar-refractivity contribution in [2.24, 2.45) is 0 Å². The van der Waals surface area contributed by atoms with Crippen LogP contribution >= 0.6 is 0 Å². The maximum absolute atomic E-state index is 12.1. The molecule has 0 radical (unpaired) electrons. The van der Waals surface area contributed by atoms with Gasteiger partial charge in [-0.05, 0) is 23.3 Å². The molecule has 1 amide bonds. The molecule has 0 saturated heterocycles. The van der Waals surface area contributed by atoms with E-state index in [4.69, 9.17) is 5.26 Å². The fraction of sp³-hybridized carbons (Fsp3) is 0.111. The van der Waals surface area contributed by atoms with Crippen molar-refractivity contribution in [2.75, 3.05) is 7.05 Å². The van der Waals surface area contributed by atoms with Gasteiger partial charge in [0, 0.05) is 19.7 Å². The number of hydrogen-bond acceptors (Lipinski definition) is 2. The summed E-state index contributed by atoms with van der Waals surface area (Å²) in [6.07, 6.45) is 3.18. The molecule has 104 valence electrons. The lowest BCUT2D eigenvalue weighted by molar-refractivity contribution is -0.125. The Morgan fingerprint density at radius 3 is 2.52 bits per heavy atom. The van der Waals surface area contributed by atoms with Crippen LogP contribution in [0.3, 0.4) is 0 Å². The highest BCUT2D eigenvalue weighted by Crippen LogP contribution is 2.10. The van der Waals surface area contributed by atoms with Gasteiger partial charge in [-0.3, -0.25) is 4.79 Å². The molecule has 0 aliphatic rings. The van der Waals surface area contributed by atoms with Crippen molar-refractivity contribution in [3.05, 3.63) is 77.4 Å². The maximum atomic E-state index is 12.1. The summed E-state index contributed by atoms with van der Waals surface area (Å²) in [6, 6.07) is 19.1. The first-order chi connectivity index (χ1) is 10.2. The minimum absolute atomic E-state index is 0.0911. The highest BCUT2D eigenvalue weighted by molar-refractivity contribution is 5.91. The first-order valence-electron chi connectivity index (χ1n) is 6.67. The van der Waals surface area contributed by atoms with Crippen LogP contribution in [0.25, 0.3) is 6.08 Å². The number of carbonyl (C=O) groups is 1. The number of benzene rings is 2. The number of nitriles is 1. The van der Waals surface area contributed by atoms with E-state index >= 15 is 0 Å². The zero-order valence-corrected chi connectivity index (χ0v) is 11.9. The van der Waals surface area contributed by atoms with Crippen molar-refractivity contribution in [2.45, 2.75) is 6.54 Å². The molecule has 0 saturated carbocycles. The van der Waals surface area contributed by atoms with E-state index in [9.17, 15) is 4.79 Å². The van der Waals surface area contributed by atoms with Crippen molar-refractivity contribution < 1.29 is 4.79 Å². The Kier molecular flexibility index (Phi) is 4.89. The van der Waals surface area contributed by atoms with Gasteiger partial charge in [-0.15, -0.1) is 0 Å². The number of carbonyl (C=O) groups excluding carboxylic acids is 1. The largest absolute Gasteiger partial charge is 0.338 e. The molecule has 0 aromatic heterocycles. The van der Waals surface area contributed by atoms with Crippen LogP contribution in [0.15, 0.2) is 60.7 Å². The normalized spacial score (nSPS) is 10.3. The predicted octanol–water partition coefficient (Wildman–Crippen LogP) is 3.23. The quantitative estimate of drug-likeness (QED) is 0.805. The van der Waals surface area contributed by atoms with E-state index in [1.807, 2.05) is 42.5 Å². The van der Waals surface area contributed by atoms with Gasteiger partial charge in [0.2, 0.25) is 5.91 Å². The summed E-state index contributed by atoms with van der Waals surface area (Å²) in [6.45, 7) is 0.559. The van der Waals surface area contributed by atoms with Crippen molar-refractivity contribution >= 4 is 12.0 Å². The molecule has 3 heteroatoms. The Morgan fingerprint density at radius 1 is 1.14 bits per heavy atom. The van der Waals surface area contributed by atoms with E-state index in [0.29, 0.717) is 12.1 Å². The van der Waals surface area contributed by atoms with Gasteiger partial charge in [0.15, 0.2) is 0 Å². The summed E-state index contributed by atoms with van der Waals surface area (Å²) in [7, 11) is 1.76. The van der Waals surface area contributed by atoms with Crippen molar-refractivity contribution in [3.8, 4) is 6.07 Å². The third kappa shape index (κ3) is 4.05. The van der Waals surface area contributed by atoms with E-state index in [0.717, 1.165) is 11.1 Å². The summed E-state index contributed by atoms with van der Waals surface area (Å²) >= 11 is 0. The van der Waals surface area contributed by atoms with Crippen LogP contribution in [0.4, 0.5) is 0 Å². The number of hydrogen-bond donors (Lipinski definition) is 0. The molecule has 0 unspecified atom stereocenters. The lowest BCUT2D eigenvalue weighted by atomic mass is 10.1. The highest BCUT2D eigenvalue weighted by atomic mass is 16.2. The van der Waals surface area contributed by atoms with E-state index in [2.05, 4.69) is 6.07 Å². The molecule has 2 rings (SSSR count). The smallest absolute Gasteiger partial charge is 0.246 e. The van der Waals surface area contributed by atoms with Crippen LogP contribution in [0, 0.1) is 11.3 Å². The fourth-order valence-corrected chi connectivity index (χ4v) is 1.97. The Balaban J connectivity index is 2.04. The Morgan fingerprint density at radius 2 is 1.81 bits per heavy atom. The molecular weight excluding hydrogens is 260 g/mol. The molecule has 0 aliphatic heterocycles. The summed E-state index contributed by atoms with van der Waals surface area (Å²) in [5.41, 5.74) is 2.40. The van der Waals surface area contributed by atoms with Crippen LogP contribution in [0.1, 0.15) is 16.7 Å². The van der Waals surface area contributed by atoms with Crippen molar-refractivity contribution in [3.63, 3.8) is 0 Å². The zero-order chi connectivity index (χ0) is 15.1. The van der Waals surface area contributed by atoms with E-state index < -0.39 is 0 Å². The van der Waals surface area contributed by atoms with Crippen LogP contribution in [0.5, 0.6) is 0 Å². The standard InChI is InChI=1S/C18H16N2O/c1-20(14-15-7-3-2-4-8-15)18(21)12-11-16-9-5-6-10-17(16)13-19/h2-12H,14H2,1H3. The van der Waals surface area contributed by atoms with E-state index in [-0.39, 0.29) is 5.91 Å². The second-order valence-corrected chi connectivity index (χ2v) is 4.71. The predicted molar refractivity (Wildman–Crippen MR) is 83.1 cm³/mol. The SMILES string of the molecule is CN(Cc1ccccc1)C(=O)C=Cc1ccccc1C#N. The van der Waals surface area contributed by atoms with Gasteiger partial charge < -0.3 is 4.90 Å². The minimum Gasteiger partial charge on any atom is -0.338 e. The molecule has 21 heavy (non-hydrogen) atoms. The summed E-state index contributed by atoms with van der Waals surface area (Å²) < 4.78 is 0. The molecule has 0 heterocycles. The molecule has 0 atom stereocenters. The third-order valence-electron chi connectivity index (χ3n) is 3.13. The average Bonchev–Trinajstić information content (AvgIpc) is 2.53. The maximum Gasteiger partial charge on any atom is 0.246 e. The van der Waals surface area contributed by atoms with Gasteiger partial charge in [0.05, 0.1) is 11.6 Å². The molecule has 3 nitrogen and oxygen atoms in total. The Hall–Kier alpha value is -2.86. The van der Waals surface area contributed by atoms with Gasteiger partial charge in [0.1, 0.15) is 0 Å². The van der Waals surface area contributed by atoms with Crippen LogP contribution in [-0.2, 0) is 11.3 Å². The third-order valence-corrected chi connectivity index (χ3v) is 3.13. The molecule has 0 spiro atoms.